The van der Waals surface area contributed by atoms with E-state index in [-0.39, 0.29) is 0 Å². The average Bonchev–Trinajstić information content (AvgIpc) is 3.12. The number of benzene rings is 5. The summed E-state index contributed by atoms with van der Waals surface area (Å²) in [4.78, 5) is 20.0. The van der Waals surface area contributed by atoms with Gasteiger partial charge < -0.3 is 0 Å². The third kappa shape index (κ3) is 5.20. The third-order valence-corrected chi connectivity index (χ3v) is 8.51. The molecule has 0 atom stereocenters. The monoisotopic (exact) mass is 590 g/mol. The lowest BCUT2D eigenvalue weighted by Gasteiger charge is -2.11. The van der Waals surface area contributed by atoms with E-state index in [2.05, 4.69) is 122 Å². The molecule has 0 saturated carbocycles. The van der Waals surface area contributed by atoms with E-state index in [1.54, 1.807) is 0 Å². The third-order valence-electron chi connectivity index (χ3n) is 8.51. The number of pyridine rings is 2. The molecule has 0 N–H and O–H groups in total. The molecular formula is C42H30N4. The number of hydrogen-bond donors (Lipinski definition) is 0. The van der Waals surface area contributed by atoms with Crippen LogP contribution in [0.2, 0.25) is 0 Å². The van der Waals surface area contributed by atoms with Gasteiger partial charge in [-0.3, -0.25) is 4.98 Å². The molecule has 46 heavy (non-hydrogen) atoms. The van der Waals surface area contributed by atoms with Crippen LogP contribution in [0.15, 0.2) is 146 Å². The summed E-state index contributed by atoms with van der Waals surface area (Å²) in [6.07, 6.45) is 0. The van der Waals surface area contributed by atoms with Crippen LogP contribution in [0.5, 0.6) is 0 Å². The topological polar surface area (TPSA) is 51.6 Å². The van der Waals surface area contributed by atoms with Gasteiger partial charge in [0, 0.05) is 38.7 Å². The lowest BCUT2D eigenvalue weighted by atomic mass is 10.0. The Bertz CT molecular complexity index is 2350. The number of hydrogen-bond acceptors (Lipinski definition) is 4. The molecule has 0 radical (unpaired) electrons. The molecule has 4 nitrogen and oxygen atoms in total. The van der Waals surface area contributed by atoms with Crippen LogP contribution in [0.3, 0.4) is 0 Å². The first-order chi connectivity index (χ1) is 22.6. The van der Waals surface area contributed by atoms with Gasteiger partial charge in [0.1, 0.15) is 0 Å². The minimum atomic E-state index is 0.696. The van der Waals surface area contributed by atoms with Gasteiger partial charge in [-0.05, 0) is 48.7 Å². The molecule has 5 aromatic carbocycles. The van der Waals surface area contributed by atoms with Crippen molar-refractivity contribution in [3.63, 3.8) is 0 Å². The first-order valence-electron chi connectivity index (χ1n) is 15.5. The van der Waals surface area contributed by atoms with Crippen LogP contribution in [-0.2, 0) is 0 Å². The molecule has 3 heterocycles. The molecule has 0 amide bonds. The highest BCUT2D eigenvalue weighted by molar-refractivity contribution is 6.04. The van der Waals surface area contributed by atoms with Gasteiger partial charge in [0.05, 0.1) is 28.1 Å². The van der Waals surface area contributed by atoms with Crippen molar-refractivity contribution in [3.8, 4) is 56.3 Å². The molecule has 0 unspecified atom stereocenters. The van der Waals surface area contributed by atoms with Crippen LogP contribution in [-0.4, -0.2) is 19.9 Å². The molecule has 0 saturated heterocycles. The molecule has 0 fully saturated rings. The van der Waals surface area contributed by atoms with Crippen LogP contribution < -0.4 is 0 Å². The van der Waals surface area contributed by atoms with Crippen LogP contribution >= 0.6 is 0 Å². The zero-order chi connectivity index (χ0) is 31.0. The summed E-state index contributed by atoms with van der Waals surface area (Å²) in [5.74, 6) is 0.696. The predicted octanol–water partition coefficient (Wildman–Crippen LogP) is 10.5. The van der Waals surface area contributed by atoms with E-state index in [0.717, 1.165) is 72.4 Å². The van der Waals surface area contributed by atoms with Gasteiger partial charge in [-0.25, -0.2) is 15.0 Å². The van der Waals surface area contributed by atoms with Crippen LogP contribution in [0, 0.1) is 13.8 Å². The maximum Gasteiger partial charge on any atom is 0.160 e. The van der Waals surface area contributed by atoms with E-state index >= 15 is 0 Å². The van der Waals surface area contributed by atoms with Crippen LogP contribution in [0.1, 0.15) is 11.3 Å². The quantitative estimate of drug-likeness (QED) is 0.187. The SMILES string of the molecule is Cc1ccc2ccc3c(C)cc(-c4ccc(-c5cc(-c6ccccc6)nc(-c6ccc(-c7ccccc7)cc6)n5)cc4)nc3c2n1. The fraction of sp³-hybridized carbons (Fsp3) is 0.0476. The Morgan fingerprint density at radius 2 is 0.870 bits per heavy atom. The van der Waals surface area contributed by atoms with Crippen LogP contribution in [0.25, 0.3) is 78.1 Å². The van der Waals surface area contributed by atoms with Crippen molar-refractivity contribution in [1.82, 2.24) is 19.9 Å². The summed E-state index contributed by atoms with van der Waals surface area (Å²) < 4.78 is 0. The summed E-state index contributed by atoms with van der Waals surface area (Å²) in [5.41, 5.74) is 13.2. The van der Waals surface area contributed by atoms with Crippen molar-refractivity contribution in [2.24, 2.45) is 0 Å². The maximum absolute atomic E-state index is 5.13. The Hall–Kier alpha value is -6.00. The highest BCUT2D eigenvalue weighted by Gasteiger charge is 2.13. The maximum atomic E-state index is 5.13. The molecule has 0 aliphatic rings. The number of aryl methyl sites for hydroxylation is 2. The number of nitrogens with zero attached hydrogens (tertiary/aromatic N) is 4. The first-order valence-corrected chi connectivity index (χ1v) is 15.5. The fourth-order valence-corrected chi connectivity index (χ4v) is 6.02. The fourth-order valence-electron chi connectivity index (χ4n) is 6.02. The van der Waals surface area contributed by atoms with Gasteiger partial charge in [0.15, 0.2) is 5.82 Å². The molecule has 218 valence electrons. The minimum Gasteiger partial charge on any atom is -0.251 e. The summed E-state index contributed by atoms with van der Waals surface area (Å²) in [6, 6.07) is 50.4. The second-order valence-electron chi connectivity index (χ2n) is 11.7. The van der Waals surface area contributed by atoms with Gasteiger partial charge in [-0.15, -0.1) is 0 Å². The second kappa shape index (κ2) is 11.5. The molecule has 4 heteroatoms. The average molecular weight is 591 g/mol. The van der Waals surface area contributed by atoms with Crippen LogP contribution in [0.4, 0.5) is 0 Å². The lowest BCUT2D eigenvalue weighted by molar-refractivity contribution is 1.18. The van der Waals surface area contributed by atoms with Gasteiger partial charge in [0.2, 0.25) is 0 Å². The van der Waals surface area contributed by atoms with Crippen molar-refractivity contribution in [2.45, 2.75) is 13.8 Å². The molecule has 0 aliphatic carbocycles. The Morgan fingerprint density at radius 3 is 1.52 bits per heavy atom. The van der Waals surface area contributed by atoms with Crippen molar-refractivity contribution >= 4 is 21.8 Å². The van der Waals surface area contributed by atoms with E-state index in [1.165, 1.54) is 11.1 Å². The molecule has 0 aliphatic heterocycles. The Morgan fingerprint density at radius 1 is 0.370 bits per heavy atom. The zero-order valence-corrected chi connectivity index (χ0v) is 25.6. The summed E-state index contributed by atoms with van der Waals surface area (Å²) in [5, 5.41) is 2.23. The summed E-state index contributed by atoms with van der Waals surface area (Å²) >= 11 is 0. The van der Waals surface area contributed by atoms with Gasteiger partial charge >= 0.3 is 0 Å². The highest BCUT2D eigenvalue weighted by atomic mass is 14.9. The molecular weight excluding hydrogens is 560 g/mol. The van der Waals surface area contributed by atoms with E-state index in [4.69, 9.17) is 19.9 Å². The first kappa shape index (κ1) is 27.5. The summed E-state index contributed by atoms with van der Waals surface area (Å²) in [7, 11) is 0. The Labute approximate surface area is 268 Å². The standard InChI is InChI=1S/C42H30N4/c1-27-25-37(44-41-36(27)24-23-34-14-13-28(2)43-40(34)41)32-17-19-33(20-18-32)39-26-38(31-11-7-4-8-12-31)45-42(46-39)35-21-15-30(16-22-35)29-9-5-3-6-10-29/h3-26H,1-2H3. The minimum absolute atomic E-state index is 0.696. The largest absolute Gasteiger partial charge is 0.251 e. The van der Waals surface area contributed by atoms with E-state index < -0.39 is 0 Å². The number of fused-ring (bicyclic) bond motifs is 3. The molecule has 8 aromatic rings. The predicted molar refractivity (Wildman–Crippen MR) is 189 cm³/mol. The van der Waals surface area contributed by atoms with E-state index in [9.17, 15) is 0 Å². The highest BCUT2D eigenvalue weighted by Crippen LogP contribution is 2.32. The molecule has 0 spiro atoms. The van der Waals surface area contributed by atoms with Crippen molar-refractivity contribution in [2.75, 3.05) is 0 Å². The van der Waals surface area contributed by atoms with E-state index in [1.807, 2.05) is 37.3 Å². The normalized spacial score (nSPS) is 11.3. The lowest BCUT2D eigenvalue weighted by Crippen LogP contribution is -1.96. The smallest absolute Gasteiger partial charge is 0.160 e. The van der Waals surface area contributed by atoms with Crippen molar-refractivity contribution in [3.05, 3.63) is 157 Å². The Balaban J connectivity index is 1.19. The summed E-state index contributed by atoms with van der Waals surface area (Å²) in [6.45, 7) is 4.17. The molecule has 0 bridgehead atoms. The number of aromatic nitrogens is 4. The number of rotatable bonds is 5. The van der Waals surface area contributed by atoms with Gasteiger partial charge in [-0.2, -0.15) is 0 Å². The zero-order valence-electron chi connectivity index (χ0n) is 25.6. The molecule has 8 rings (SSSR count). The second-order valence-corrected chi connectivity index (χ2v) is 11.7. The van der Waals surface area contributed by atoms with Crippen molar-refractivity contribution in [1.29, 1.82) is 0 Å². The molecule has 3 aromatic heterocycles. The van der Waals surface area contributed by atoms with E-state index in [0.29, 0.717) is 5.82 Å². The van der Waals surface area contributed by atoms with Gasteiger partial charge in [-0.1, -0.05) is 127 Å². The van der Waals surface area contributed by atoms with Gasteiger partial charge in [0.25, 0.3) is 0 Å². The van der Waals surface area contributed by atoms with Crippen molar-refractivity contribution < 1.29 is 0 Å². The Kier molecular flexibility index (Phi) is 6.88.